The molecule has 0 aromatic heterocycles. The SMILES string of the molecule is CC1(C)CN(S(=O)(=O)c2ccc(Cl)c(CO)c2)CCS1. The quantitative estimate of drug-likeness (QED) is 0.921. The van der Waals surface area contributed by atoms with Crippen molar-refractivity contribution in [2.75, 3.05) is 18.8 Å². The second-order valence-electron chi connectivity index (χ2n) is 5.36. The summed E-state index contributed by atoms with van der Waals surface area (Å²) in [6.45, 7) is 4.80. The molecule has 0 atom stereocenters. The highest BCUT2D eigenvalue weighted by Gasteiger charge is 2.34. The maximum atomic E-state index is 12.6. The summed E-state index contributed by atoms with van der Waals surface area (Å²) in [4.78, 5) is 0.189. The van der Waals surface area contributed by atoms with Gasteiger partial charge in [-0.05, 0) is 37.6 Å². The van der Waals surface area contributed by atoms with E-state index in [0.717, 1.165) is 5.75 Å². The number of thioether (sulfide) groups is 1. The van der Waals surface area contributed by atoms with Crippen LogP contribution in [0.1, 0.15) is 19.4 Å². The van der Waals surface area contributed by atoms with Crippen molar-refractivity contribution < 1.29 is 13.5 Å². The van der Waals surface area contributed by atoms with Crippen molar-refractivity contribution in [3.8, 4) is 0 Å². The van der Waals surface area contributed by atoms with Crippen LogP contribution in [0, 0.1) is 0 Å². The summed E-state index contributed by atoms with van der Waals surface area (Å²) in [6, 6.07) is 4.46. The number of halogens is 1. The van der Waals surface area contributed by atoms with Crippen molar-refractivity contribution >= 4 is 33.4 Å². The van der Waals surface area contributed by atoms with Crippen LogP contribution >= 0.6 is 23.4 Å². The van der Waals surface area contributed by atoms with Crippen molar-refractivity contribution in [1.82, 2.24) is 4.31 Å². The van der Waals surface area contributed by atoms with E-state index in [9.17, 15) is 13.5 Å². The molecule has 1 fully saturated rings. The molecule has 0 bridgehead atoms. The second-order valence-corrected chi connectivity index (χ2v) is 9.51. The molecule has 1 saturated heterocycles. The molecule has 1 aliphatic rings. The standard InChI is InChI=1S/C13H18ClNO3S2/c1-13(2)9-15(5-6-19-13)20(17,18)11-3-4-12(14)10(7-11)8-16/h3-4,7,16H,5-6,8-9H2,1-2H3. The van der Waals surface area contributed by atoms with E-state index < -0.39 is 10.0 Å². The fraction of sp³-hybridized carbons (Fsp3) is 0.538. The first-order valence-corrected chi connectivity index (χ1v) is 9.10. The van der Waals surface area contributed by atoms with Crippen LogP contribution in [0.3, 0.4) is 0 Å². The first-order chi connectivity index (χ1) is 9.26. The summed E-state index contributed by atoms with van der Waals surface area (Å²) in [6.07, 6.45) is 0. The maximum Gasteiger partial charge on any atom is 0.243 e. The predicted molar refractivity (Wildman–Crippen MR) is 82.7 cm³/mol. The van der Waals surface area contributed by atoms with Gasteiger partial charge in [-0.2, -0.15) is 16.1 Å². The van der Waals surface area contributed by atoms with Gasteiger partial charge in [0.25, 0.3) is 0 Å². The Morgan fingerprint density at radius 2 is 2.15 bits per heavy atom. The zero-order valence-corrected chi connectivity index (χ0v) is 13.9. The average Bonchev–Trinajstić information content (AvgIpc) is 2.37. The first kappa shape index (κ1) is 16.1. The molecule has 1 aromatic rings. The molecule has 20 heavy (non-hydrogen) atoms. The van der Waals surface area contributed by atoms with Gasteiger partial charge in [-0.1, -0.05) is 11.6 Å². The third kappa shape index (κ3) is 3.31. The van der Waals surface area contributed by atoms with Gasteiger partial charge in [0.1, 0.15) is 0 Å². The molecule has 0 saturated carbocycles. The van der Waals surface area contributed by atoms with Crippen LogP contribution in [0.4, 0.5) is 0 Å². The van der Waals surface area contributed by atoms with E-state index in [-0.39, 0.29) is 16.2 Å². The number of rotatable bonds is 3. The summed E-state index contributed by atoms with van der Waals surface area (Å²) >= 11 is 7.68. The van der Waals surface area contributed by atoms with Gasteiger partial charge in [0.2, 0.25) is 10.0 Å². The van der Waals surface area contributed by atoms with Gasteiger partial charge < -0.3 is 5.11 Å². The predicted octanol–water partition coefficient (Wildman–Crippen LogP) is 2.35. The number of aliphatic hydroxyl groups is 1. The Morgan fingerprint density at radius 1 is 1.45 bits per heavy atom. The number of benzene rings is 1. The molecule has 7 heteroatoms. The Bertz CT molecular complexity index is 602. The largest absolute Gasteiger partial charge is 0.392 e. The second kappa shape index (κ2) is 5.85. The van der Waals surface area contributed by atoms with Crippen molar-refractivity contribution in [2.24, 2.45) is 0 Å². The Labute approximate surface area is 129 Å². The summed E-state index contributed by atoms with van der Waals surface area (Å²) < 4.78 is 26.7. The van der Waals surface area contributed by atoms with Gasteiger partial charge in [-0.3, -0.25) is 0 Å². The molecule has 1 N–H and O–H groups in total. The Balaban J connectivity index is 2.35. The van der Waals surface area contributed by atoms with Gasteiger partial charge in [0.05, 0.1) is 11.5 Å². The van der Waals surface area contributed by atoms with Gasteiger partial charge in [0, 0.05) is 28.6 Å². The van der Waals surface area contributed by atoms with Crippen molar-refractivity contribution in [2.45, 2.75) is 30.1 Å². The molecule has 0 spiro atoms. The minimum Gasteiger partial charge on any atom is -0.392 e. The van der Waals surface area contributed by atoms with Crippen LogP contribution in [0.25, 0.3) is 0 Å². The number of sulfonamides is 1. The van der Waals surface area contributed by atoms with E-state index in [1.807, 2.05) is 13.8 Å². The van der Waals surface area contributed by atoms with E-state index in [4.69, 9.17) is 11.6 Å². The number of nitrogens with zero attached hydrogens (tertiary/aromatic N) is 1. The summed E-state index contributed by atoms with van der Waals surface area (Å²) in [5, 5.41) is 9.58. The minimum absolute atomic E-state index is 0.0858. The zero-order chi connectivity index (χ0) is 15.0. The average molecular weight is 336 g/mol. The summed E-state index contributed by atoms with van der Waals surface area (Å²) in [5.74, 6) is 0.784. The fourth-order valence-corrected chi connectivity index (χ4v) is 5.30. The monoisotopic (exact) mass is 335 g/mol. The van der Waals surface area contributed by atoms with Gasteiger partial charge in [-0.15, -0.1) is 0 Å². The van der Waals surface area contributed by atoms with Crippen LogP contribution < -0.4 is 0 Å². The Kier molecular flexibility index (Phi) is 4.71. The molecule has 2 rings (SSSR count). The molecule has 1 heterocycles. The summed E-state index contributed by atoms with van der Waals surface area (Å²) in [5.41, 5.74) is 0.429. The molecule has 0 aliphatic carbocycles. The Morgan fingerprint density at radius 3 is 2.75 bits per heavy atom. The highest BCUT2D eigenvalue weighted by molar-refractivity contribution is 8.00. The van der Waals surface area contributed by atoms with Gasteiger partial charge in [0.15, 0.2) is 0 Å². The van der Waals surface area contributed by atoms with Crippen molar-refractivity contribution in [3.05, 3.63) is 28.8 Å². The number of hydrogen-bond acceptors (Lipinski definition) is 4. The molecule has 1 aliphatic heterocycles. The lowest BCUT2D eigenvalue weighted by atomic mass is 10.2. The molecule has 0 amide bonds. The third-order valence-electron chi connectivity index (χ3n) is 3.22. The number of aliphatic hydroxyl groups excluding tert-OH is 1. The number of hydrogen-bond donors (Lipinski definition) is 1. The van der Waals surface area contributed by atoms with Crippen LogP contribution in [-0.4, -0.2) is 41.4 Å². The van der Waals surface area contributed by atoms with Crippen LogP contribution in [-0.2, 0) is 16.6 Å². The lowest BCUT2D eigenvalue weighted by molar-refractivity contribution is 0.281. The van der Waals surface area contributed by atoms with E-state index in [0.29, 0.717) is 23.7 Å². The molecular weight excluding hydrogens is 318 g/mol. The first-order valence-electron chi connectivity index (χ1n) is 6.30. The fourth-order valence-electron chi connectivity index (χ4n) is 2.16. The molecule has 1 aromatic carbocycles. The highest BCUT2D eigenvalue weighted by atomic mass is 35.5. The van der Waals surface area contributed by atoms with Crippen LogP contribution in [0.15, 0.2) is 23.1 Å². The molecule has 0 unspecified atom stereocenters. The maximum absolute atomic E-state index is 12.6. The van der Waals surface area contributed by atoms with Crippen molar-refractivity contribution in [1.29, 1.82) is 0 Å². The lowest BCUT2D eigenvalue weighted by Crippen LogP contribution is -2.46. The minimum atomic E-state index is -3.53. The molecule has 4 nitrogen and oxygen atoms in total. The third-order valence-corrected chi connectivity index (χ3v) is 6.72. The zero-order valence-electron chi connectivity index (χ0n) is 11.5. The molecular formula is C13H18ClNO3S2. The summed E-state index contributed by atoms with van der Waals surface area (Å²) in [7, 11) is -3.53. The van der Waals surface area contributed by atoms with E-state index in [2.05, 4.69) is 0 Å². The highest BCUT2D eigenvalue weighted by Crippen LogP contribution is 2.33. The molecule has 112 valence electrons. The lowest BCUT2D eigenvalue weighted by Gasteiger charge is -2.36. The van der Waals surface area contributed by atoms with E-state index in [1.165, 1.54) is 22.5 Å². The van der Waals surface area contributed by atoms with Crippen molar-refractivity contribution in [3.63, 3.8) is 0 Å². The van der Waals surface area contributed by atoms with Crippen LogP contribution in [0.2, 0.25) is 5.02 Å². The van der Waals surface area contributed by atoms with E-state index >= 15 is 0 Å². The topological polar surface area (TPSA) is 57.6 Å². The molecule has 0 radical (unpaired) electrons. The normalized spacial score (nSPS) is 20.0. The smallest absolute Gasteiger partial charge is 0.243 e. The van der Waals surface area contributed by atoms with E-state index in [1.54, 1.807) is 11.8 Å². The van der Waals surface area contributed by atoms with Gasteiger partial charge in [-0.25, -0.2) is 8.42 Å². The Hall–Kier alpha value is -0.270. The van der Waals surface area contributed by atoms with Gasteiger partial charge >= 0.3 is 0 Å². The van der Waals surface area contributed by atoms with Crippen LogP contribution in [0.5, 0.6) is 0 Å².